The average Bonchev–Trinajstić information content (AvgIpc) is 2.78. The van der Waals surface area contributed by atoms with Gasteiger partial charge in [0.25, 0.3) is 5.91 Å². The van der Waals surface area contributed by atoms with Crippen molar-refractivity contribution >= 4 is 34.8 Å². The van der Waals surface area contributed by atoms with E-state index in [-0.39, 0.29) is 36.7 Å². The predicted octanol–water partition coefficient (Wildman–Crippen LogP) is 0.500. The molecular formula is C24H26FN3O8. The lowest BCUT2D eigenvalue weighted by atomic mass is 9.59. The fraction of sp³-hybridized carbons (Fsp3) is 0.417. The first-order valence-corrected chi connectivity index (χ1v) is 11.3. The maximum absolute atomic E-state index is 15.1. The minimum Gasteiger partial charge on any atom is -0.508 e. The number of phenols is 1. The molecule has 1 unspecified atom stereocenters. The maximum atomic E-state index is 15.1. The largest absolute Gasteiger partial charge is 0.508 e. The van der Waals surface area contributed by atoms with Crippen molar-refractivity contribution in [2.24, 2.45) is 17.6 Å². The molecule has 0 aliphatic heterocycles. The molecule has 1 aromatic carbocycles. The molecule has 1 aromatic rings. The molecule has 12 heteroatoms. The Hall–Kier alpha value is -3.77. The fourth-order valence-electron chi connectivity index (χ4n) is 5.23. The zero-order chi connectivity index (χ0) is 26.7. The second-order valence-corrected chi connectivity index (χ2v) is 9.60. The minimum atomic E-state index is -2.71. The highest BCUT2D eigenvalue weighted by Crippen LogP contribution is 2.52. The van der Waals surface area contributed by atoms with E-state index < -0.39 is 87.0 Å². The van der Waals surface area contributed by atoms with Gasteiger partial charge in [-0.3, -0.25) is 19.2 Å². The quantitative estimate of drug-likeness (QED) is 0.221. The zero-order valence-corrected chi connectivity index (χ0v) is 19.5. The first-order valence-electron chi connectivity index (χ1n) is 11.3. The van der Waals surface area contributed by atoms with E-state index in [1.54, 1.807) is 0 Å². The van der Waals surface area contributed by atoms with Crippen LogP contribution in [0.15, 0.2) is 23.0 Å². The van der Waals surface area contributed by atoms with Gasteiger partial charge in [0.2, 0.25) is 11.7 Å². The van der Waals surface area contributed by atoms with Gasteiger partial charge in [0.05, 0.1) is 17.8 Å². The topological polar surface area (TPSA) is 199 Å². The maximum Gasteiger partial charge on any atom is 0.255 e. The van der Waals surface area contributed by atoms with Crippen molar-refractivity contribution in [2.45, 2.75) is 44.8 Å². The van der Waals surface area contributed by atoms with Crippen LogP contribution in [0.1, 0.15) is 37.8 Å². The molecule has 11 nitrogen and oxygen atoms in total. The van der Waals surface area contributed by atoms with Crippen molar-refractivity contribution in [1.29, 1.82) is 0 Å². The second-order valence-electron chi connectivity index (χ2n) is 9.60. The Balaban J connectivity index is 1.81. The number of carbonyl (C=O) groups is 4. The molecule has 3 aliphatic rings. The summed E-state index contributed by atoms with van der Waals surface area (Å²) in [7, 11) is 0. The minimum absolute atomic E-state index is 0.0158. The Morgan fingerprint density at radius 3 is 2.50 bits per heavy atom. The van der Waals surface area contributed by atoms with Crippen molar-refractivity contribution in [3.05, 3.63) is 39.9 Å². The van der Waals surface area contributed by atoms with Gasteiger partial charge in [0.15, 0.2) is 17.1 Å². The van der Waals surface area contributed by atoms with Crippen molar-refractivity contribution in [2.75, 3.05) is 11.9 Å². The molecule has 0 saturated heterocycles. The monoisotopic (exact) mass is 503 g/mol. The van der Waals surface area contributed by atoms with Gasteiger partial charge in [-0.05, 0) is 18.8 Å². The molecule has 36 heavy (non-hydrogen) atoms. The van der Waals surface area contributed by atoms with Gasteiger partial charge in [-0.1, -0.05) is 13.8 Å². The van der Waals surface area contributed by atoms with Crippen molar-refractivity contribution in [3.63, 3.8) is 0 Å². The van der Waals surface area contributed by atoms with E-state index in [0.29, 0.717) is 0 Å². The number of Topliss-reactive ketones (excluding diaryl/α,β-unsaturated/α-hetero) is 2. The van der Waals surface area contributed by atoms with Crippen LogP contribution in [0.25, 0.3) is 5.76 Å². The zero-order valence-electron chi connectivity index (χ0n) is 19.5. The summed E-state index contributed by atoms with van der Waals surface area (Å²) in [5.41, 5.74) is 0.257. The Labute approximate surface area is 204 Å². The number of nitrogens with two attached hydrogens (primary N) is 1. The van der Waals surface area contributed by atoms with Crippen molar-refractivity contribution < 1.29 is 44.0 Å². The highest BCUT2D eigenvalue weighted by Gasteiger charge is 2.60. The number of aromatic hydroxyl groups is 1. The van der Waals surface area contributed by atoms with Gasteiger partial charge in [0, 0.05) is 35.6 Å². The Morgan fingerprint density at radius 2 is 1.89 bits per heavy atom. The summed E-state index contributed by atoms with van der Waals surface area (Å²) in [6, 6.07) is 0.885. The Bertz CT molecular complexity index is 1280. The van der Waals surface area contributed by atoms with Gasteiger partial charge in [-0.2, -0.15) is 0 Å². The standard InChI is InChI=1S/C24H26FN3O8/c1-8(2)27-7-15(30)28-13-6-12(25)11-4-9-3-10-5-14(29)18(23(26)35)22(34)24(10,36)21(33)16(9)20(32)17(11)19(13)31/h6,8-10,27,31-32,34,36H,3-5,7H2,1-2H3,(H2,26,35)(H,28,30)/t9?,10-,24-/m0/s1. The van der Waals surface area contributed by atoms with Crippen LogP contribution in [0, 0.1) is 17.7 Å². The van der Waals surface area contributed by atoms with Gasteiger partial charge in [-0.25, -0.2) is 4.39 Å². The number of halogens is 1. The van der Waals surface area contributed by atoms with Crippen LogP contribution in [0.4, 0.5) is 10.1 Å². The Morgan fingerprint density at radius 1 is 1.22 bits per heavy atom. The summed E-state index contributed by atoms with van der Waals surface area (Å²) in [4.78, 5) is 49.7. The lowest BCUT2D eigenvalue weighted by Crippen LogP contribution is -2.58. The SMILES string of the molecule is CC(C)NCC(=O)Nc1cc(F)c2c(c1O)C(O)=C1C(=O)[C@]3(O)C(O)=C(C(N)=O)C(=O)C[C@@H]3CC1C2. The van der Waals surface area contributed by atoms with Gasteiger partial charge in [0.1, 0.15) is 22.9 Å². The van der Waals surface area contributed by atoms with Crippen LogP contribution < -0.4 is 16.4 Å². The molecule has 1 fully saturated rings. The number of aliphatic hydroxyl groups excluding tert-OH is 2. The highest BCUT2D eigenvalue weighted by atomic mass is 19.1. The van der Waals surface area contributed by atoms with Crippen LogP contribution in [0.2, 0.25) is 0 Å². The number of primary amides is 1. The molecule has 0 heterocycles. The number of anilines is 1. The van der Waals surface area contributed by atoms with E-state index in [4.69, 9.17) is 5.73 Å². The van der Waals surface area contributed by atoms with Gasteiger partial charge in [-0.15, -0.1) is 0 Å². The summed E-state index contributed by atoms with van der Waals surface area (Å²) in [5, 5.41) is 48.8. The molecular weight excluding hydrogens is 477 g/mol. The molecule has 0 bridgehead atoms. The predicted molar refractivity (Wildman–Crippen MR) is 123 cm³/mol. The molecule has 192 valence electrons. The third kappa shape index (κ3) is 3.73. The number of nitrogens with one attached hydrogen (secondary N) is 2. The average molecular weight is 503 g/mol. The molecule has 4 rings (SSSR count). The first-order chi connectivity index (χ1) is 16.8. The number of ketones is 2. The molecule has 8 N–H and O–H groups in total. The van der Waals surface area contributed by atoms with E-state index in [9.17, 15) is 39.6 Å². The van der Waals surface area contributed by atoms with Gasteiger partial charge >= 0.3 is 0 Å². The summed E-state index contributed by atoms with van der Waals surface area (Å²) >= 11 is 0. The van der Waals surface area contributed by atoms with Crippen LogP contribution in [-0.2, 0) is 25.6 Å². The normalized spacial score (nSPS) is 25.5. The van der Waals surface area contributed by atoms with E-state index in [2.05, 4.69) is 10.6 Å². The highest BCUT2D eigenvalue weighted by molar-refractivity contribution is 6.22. The number of hydrogen-bond donors (Lipinski definition) is 7. The number of phenolic OH excluding ortho intramolecular Hbond substituents is 1. The van der Waals surface area contributed by atoms with Crippen LogP contribution >= 0.6 is 0 Å². The number of aliphatic hydroxyl groups is 3. The van der Waals surface area contributed by atoms with Crippen LogP contribution in [0.3, 0.4) is 0 Å². The third-order valence-corrected chi connectivity index (χ3v) is 6.95. The number of benzene rings is 1. The van der Waals surface area contributed by atoms with E-state index in [0.717, 1.165) is 6.07 Å². The summed E-state index contributed by atoms with van der Waals surface area (Å²) in [5.74, 6) is -9.51. The van der Waals surface area contributed by atoms with Crippen LogP contribution in [-0.4, -0.2) is 62.0 Å². The number of carbonyl (C=O) groups excluding carboxylic acids is 4. The number of hydrogen-bond acceptors (Lipinski definition) is 9. The van der Waals surface area contributed by atoms with E-state index in [1.165, 1.54) is 0 Å². The van der Waals surface area contributed by atoms with Crippen molar-refractivity contribution in [1.82, 2.24) is 5.32 Å². The molecule has 0 aromatic heterocycles. The molecule has 3 atom stereocenters. The number of rotatable bonds is 5. The molecule has 0 spiro atoms. The van der Waals surface area contributed by atoms with Crippen molar-refractivity contribution in [3.8, 4) is 5.75 Å². The Kier molecular flexibility index (Phi) is 6.13. The molecule has 1 saturated carbocycles. The summed E-state index contributed by atoms with van der Waals surface area (Å²) in [6.07, 6.45) is -0.746. The summed E-state index contributed by atoms with van der Waals surface area (Å²) in [6.45, 7) is 3.49. The lowest BCUT2D eigenvalue weighted by Gasteiger charge is -2.46. The lowest BCUT2D eigenvalue weighted by molar-refractivity contribution is -0.147. The molecule has 0 radical (unpaired) electrons. The van der Waals surface area contributed by atoms with Gasteiger partial charge < -0.3 is 36.8 Å². The molecule has 3 aliphatic carbocycles. The van der Waals surface area contributed by atoms with Crippen LogP contribution in [0.5, 0.6) is 5.75 Å². The first kappa shape index (κ1) is 25.3. The van der Waals surface area contributed by atoms with E-state index in [1.807, 2.05) is 13.8 Å². The molecule has 2 amide bonds. The smallest absolute Gasteiger partial charge is 0.255 e. The number of fused-ring (bicyclic) bond motifs is 3. The third-order valence-electron chi connectivity index (χ3n) is 6.95. The summed E-state index contributed by atoms with van der Waals surface area (Å²) < 4.78 is 15.1. The number of amides is 2. The van der Waals surface area contributed by atoms with E-state index >= 15 is 4.39 Å². The second kappa shape index (κ2) is 8.71. The fourth-order valence-corrected chi connectivity index (χ4v) is 5.23.